The molecule has 0 bridgehead atoms. The van der Waals surface area contributed by atoms with Crippen molar-refractivity contribution in [3.63, 3.8) is 0 Å². The summed E-state index contributed by atoms with van der Waals surface area (Å²) >= 11 is 12.0. The Morgan fingerprint density at radius 3 is 2.84 bits per heavy atom. The first-order valence-electron chi connectivity index (χ1n) is 7.74. The Morgan fingerprint density at radius 2 is 2.04 bits per heavy atom. The number of nitrogens with zero attached hydrogens (tertiary/aromatic N) is 1. The van der Waals surface area contributed by atoms with E-state index in [1.54, 1.807) is 41.3 Å². The van der Waals surface area contributed by atoms with E-state index in [4.69, 9.17) is 27.9 Å². The van der Waals surface area contributed by atoms with E-state index in [0.717, 1.165) is 0 Å². The van der Waals surface area contributed by atoms with Crippen LogP contribution < -0.4 is 15.0 Å². The number of hydrogen-bond donors (Lipinski definition) is 1. The molecule has 0 radical (unpaired) electrons. The van der Waals surface area contributed by atoms with Crippen molar-refractivity contribution in [3.8, 4) is 5.75 Å². The largest absolute Gasteiger partial charge is 0.482 e. The smallest absolute Gasteiger partial charge is 0.265 e. The van der Waals surface area contributed by atoms with Crippen LogP contribution in [0.4, 0.5) is 11.4 Å². The third kappa shape index (κ3) is 3.89. The van der Waals surface area contributed by atoms with Gasteiger partial charge in [0.1, 0.15) is 5.75 Å². The molecule has 0 spiro atoms. The van der Waals surface area contributed by atoms with Crippen molar-refractivity contribution in [1.82, 2.24) is 0 Å². The highest BCUT2D eigenvalue weighted by atomic mass is 35.5. The summed E-state index contributed by atoms with van der Waals surface area (Å²) in [4.78, 5) is 26.3. The summed E-state index contributed by atoms with van der Waals surface area (Å²) in [5.41, 5.74) is 1.25. The van der Waals surface area contributed by atoms with E-state index in [2.05, 4.69) is 5.32 Å². The summed E-state index contributed by atoms with van der Waals surface area (Å²) in [6.07, 6.45) is 0.207. The van der Waals surface area contributed by atoms with Crippen LogP contribution in [0.1, 0.15) is 13.3 Å². The third-order valence-corrected chi connectivity index (χ3v) is 4.42. The fourth-order valence-electron chi connectivity index (χ4n) is 2.76. The maximum absolute atomic E-state index is 12.8. The number of benzene rings is 2. The Morgan fingerprint density at radius 1 is 1.28 bits per heavy atom. The van der Waals surface area contributed by atoms with Gasteiger partial charge in [0, 0.05) is 23.6 Å². The molecule has 1 atom stereocenters. The number of ether oxygens (including phenoxy) is 1. The van der Waals surface area contributed by atoms with Gasteiger partial charge in [0.05, 0.1) is 16.4 Å². The molecule has 2 aromatic rings. The van der Waals surface area contributed by atoms with Crippen molar-refractivity contribution >= 4 is 46.4 Å². The summed E-state index contributed by atoms with van der Waals surface area (Å²) in [6.45, 7) is 1.61. The average Bonchev–Trinajstić information content (AvgIpc) is 2.69. The Bertz CT molecular complexity index is 826. The lowest BCUT2D eigenvalue weighted by Crippen LogP contribution is -2.41. The lowest BCUT2D eigenvalue weighted by molar-refractivity contribution is -0.121. The molecule has 2 aromatic carbocycles. The number of para-hydroxylation sites is 2. The van der Waals surface area contributed by atoms with Crippen molar-refractivity contribution in [2.45, 2.75) is 19.4 Å². The number of amides is 2. The van der Waals surface area contributed by atoms with Crippen molar-refractivity contribution in [2.24, 2.45) is 0 Å². The standard InChI is InChI=1S/C18H16Cl2N2O3/c1-11-8-17(23)21-14-4-2-3-5-15(14)22(11)18(24)10-25-16-9-12(19)6-7-13(16)20/h2-7,9,11H,8,10H2,1H3,(H,21,23). The minimum absolute atomic E-state index is 0.131. The van der Waals surface area contributed by atoms with Crippen LogP contribution in [0, 0.1) is 0 Å². The maximum Gasteiger partial charge on any atom is 0.265 e. The molecule has 2 amide bonds. The summed E-state index contributed by atoms with van der Waals surface area (Å²) in [6, 6.07) is 11.7. The van der Waals surface area contributed by atoms with Crippen molar-refractivity contribution in [1.29, 1.82) is 0 Å². The highest BCUT2D eigenvalue weighted by Gasteiger charge is 2.29. The lowest BCUT2D eigenvalue weighted by Gasteiger charge is -2.27. The Hall–Kier alpha value is -2.24. The minimum atomic E-state index is -0.297. The van der Waals surface area contributed by atoms with E-state index in [1.165, 1.54) is 0 Å². The molecular weight excluding hydrogens is 363 g/mol. The van der Waals surface area contributed by atoms with Crippen LogP contribution in [0.15, 0.2) is 42.5 Å². The van der Waals surface area contributed by atoms with Gasteiger partial charge in [-0.3, -0.25) is 9.59 Å². The molecule has 0 saturated heterocycles. The molecule has 1 aliphatic rings. The first-order chi connectivity index (χ1) is 12.0. The van der Waals surface area contributed by atoms with Gasteiger partial charge in [-0.15, -0.1) is 0 Å². The molecular formula is C18H16Cl2N2O3. The van der Waals surface area contributed by atoms with E-state index < -0.39 is 0 Å². The van der Waals surface area contributed by atoms with Gasteiger partial charge in [-0.25, -0.2) is 0 Å². The molecule has 25 heavy (non-hydrogen) atoms. The predicted octanol–water partition coefficient (Wildman–Crippen LogP) is 4.14. The monoisotopic (exact) mass is 378 g/mol. The third-order valence-electron chi connectivity index (χ3n) is 3.87. The quantitative estimate of drug-likeness (QED) is 0.872. The van der Waals surface area contributed by atoms with Gasteiger partial charge in [-0.05, 0) is 31.2 Å². The van der Waals surface area contributed by atoms with Gasteiger partial charge in [-0.2, -0.15) is 0 Å². The number of nitrogens with one attached hydrogen (secondary N) is 1. The SMILES string of the molecule is CC1CC(=O)Nc2ccccc2N1C(=O)COc1cc(Cl)ccc1Cl. The minimum Gasteiger partial charge on any atom is -0.482 e. The summed E-state index contributed by atoms with van der Waals surface area (Å²) in [7, 11) is 0. The Labute approximate surface area is 155 Å². The molecule has 0 saturated carbocycles. The number of anilines is 2. The van der Waals surface area contributed by atoms with Crippen LogP contribution >= 0.6 is 23.2 Å². The second-order valence-electron chi connectivity index (χ2n) is 5.75. The lowest BCUT2D eigenvalue weighted by atomic mass is 10.1. The van der Waals surface area contributed by atoms with E-state index in [1.807, 2.05) is 13.0 Å². The molecule has 7 heteroatoms. The molecule has 5 nitrogen and oxygen atoms in total. The van der Waals surface area contributed by atoms with Gasteiger partial charge < -0.3 is 15.0 Å². The maximum atomic E-state index is 12.8. The predicted molar refractivity (Wildman–Crippen MR) is 98.6 cm³/mol. The Balaban J connectivity index is 1.83. The number of hydrogen-bond acceptors (Lipinski definition) is 3. The zero-order valence-electron chi connectivity index (χ0n) is 13.5. The van der Waals surface area contributed by atoms with Gasteiger partial charge >= 0.3 is 0 Å². The second-order valence-corrected chi connectivity index (χ2v) is 6.59. The fraction of sp³-hybridized carbons (Fsp3) is 0.222. The summed E-state index contributed by atoms with van der Waals surface area (Å²) < 4.78 is 5.55. The average molecular weight is 379 g/mol. The number of rotatable bonds is 3. The number of fused-ring (bicyclic) bond motifs is 1. The second kappa shape index (κ2) is 7.33. The van der Waals surface area contributed by atoms with E-state index >= 15 is 0 Å². The zero-order chi connectivity index (χ0) is 18.0. The first kappa shape index (κ1) is 17.6. The van der Waals surface area contributed by atoms with Gasteiger partial charge in [0.25, 0.3) is 5.91 Å². The topological polar surface area (TPSA) is 58.6 Å². The first-order valence-corrected chi connectivity index (χ1v) is 8.50. The van der Waals surface area contributed by atoms with Gasteiger partial charge in [0.15, 0.2) is 6.61 Å². The summed E-state index contributed by atoms with van der Waals surface area (Å²) in [5, 5.41) is 3.66. The molecule has 1 heterocycles. The molecule has 3 rings (SSSR count). The van der Waals surface area contributed by atoms with Crippen LogP contribution in [0.2, 0.25) is 10.0 Å². The van der Waals surface area contributed by atoms with Crippen LogP contribution in [0.25, 0.3) is 0 Å². The normalized spacial score (nSPS) is 16.7. The number of carbonyl (C=O) groups is 2. The molecule has 1 unspecified atom stereocenters. The van der Waals surface area contributed by atoms with Crippen molar-refractivity contribution in [2.75, 3.05) is 16.8 Å². The molecule has 0 aliphatic carbocycles. The highest BCUT2D eigenvalue weighted by molar-refractivity contribution is 6.34. The summed E-state index contributed by atoms with van der Waals surface area (Å²) in [5.74, 6) is -0.0611. The van der Waals surface area contributed by atoms with Gasteiger partial charge in [-0.1, -0.05) is 35.3 Å². The van der Waals surface area contributed by atoms with E-state index in [0.29, 0.717) is 27.2 Å². The van der Waals surface area contributed by atoms with Crippen LogP contribution in [-0.2, 0) is 9.59 Å². The van der Waals surface area contributed by atoms with E-state index in [9.17, 15) is 9.59 Å². The van der Waals surface area contributed by atoms with Crippen molar-refractivity contribution < 1.29 is 14.3 Å². The molecule has 0 aromatic heterocycles. The molecule has 1 N–H and O–H groups in total. The van der Waals surface area contributed by atoms with Crippen molar-refractivity contribution in [3.05, 3.63) is 52.5 Å². The van der Waals surface area contributed by atoms with Crippen LogP contribution in [-0.4, -0.2) is 24.5 Å². The highest BCUT2D eigenvalue weighted by Crippen LogP contribution is 2.32. The van der Waals surface area contributed by atoms with E-state index in [-0.39, 0.29) is 30.9 Å². The number of carbonyl (C=O) groups excluding carboxylic acids is 2. The fourth-order valence-corrected chi connectivity index (χ4v) is 3.10. The molecule has 0 fully saturated rings. The Kier molecular flexibility index (Phi) is 5.16. The van der Waals surface area contributed by atoms with Crippen LogP contribution in [0.5, 0.6) is 5.75 Å². The van der Waals surface area contributed by atoms with Crippen LogP contribution in [0.3, 0.4) is 0 Å². The van der Waals surface area contributed by atoms with Gasteiger partial charge in [0.2, 0.25) is 5.91 Å². The molecule has 130 valence electrons. The molecule has 1 aliphatic heterocycles. The number of halogens is 2. The zero-order valence-corrected chi connectivity index (χ0v) is 15.0.